The first-order valence-electron chi connectivity index (χ1n) is 8.08. The van der Waals surface area contributed by atoms with E-state index in [0.717, 1.165) is 15.7 Å². The van der Waals surface area contributed by atoms with Crippen LogP contribution < -0.4 is 5.32 Å². The number of rotatable bonds is 6. The number of hydrogen-bond acceptors (Lipinski definition) is 4. The number of carbonyl (C=O) groups excluding carboxylic acids is 1. The highest BCUT2D eigenvalue weighted by molar-refractivity contribution is 6.00. The van der Waals surface area contributed by atoms with E-state index >= 15 is 0 Å². The molecule has 0 saturated carbocycles. The Morgan fingerprint density at radius 1 is 1.27 bits per heavy atom. The third kappa shape index (κ3) is 3.63. The van der Waals surface area contributed by atoms with Crippen LogP contribution >= 0.6 is 0 Å². The molecule has 0 fully saturated rings. The number of aromatic nitrogens is 3. The molecule has 0 aliphatic heterocycles. The van der Waals surface area contributed by atoms with Crippen molar-refractivity contribution in [3.63, 3.8) is 0 Å². The molecule has 3 rings (SSSR count). The van der Waals surface area contributed by atoms with Crippen LogP contribution in [0.25, 0.3) is 11.3 Å². The summed E-state index contributed by atoms with van der Waals surface area (Å²) in [7, 11) is 0. The first kappa shape index (κ1) is 17.8. The molecule has 136 valence electrons. The number of alkyl halides is 2. The molecule has 8 heteroatoms. The maximum Gasteiger partial charge on any atom is 0.319 e. The van der Waals surface area contributed by atoms with Crippen molar-refractivity contribution in [1.82, 2.24) is 20.0 Å². The van der Waals surface area contributed by atoms with Gasteiger partial charge in [-0.3, -0.25) is 9.36 Å². The number of halogens is 2. The molecule has 0 saturated heterocycles. The number of carbonyl (C=O) groups is 1. The number of nitrogens with one attached hydrogen (secondary N) is 1. The third-order valence-electron chi connectivity index (χ3n) is 4.01. The lowest BCUT2D eigenvalue weighted by atomic mass is 10.0. The largest absolute Gasteiger partial charge is 0.360 e. The lowest BCUT2D eigenvalue weighted by Crippen LogP contribution is -2.27. The molecule has 1 N–H and O–H groups in total. The Bertz CT molecular complexity index is 900. The van der Waals surface area contributed by atoms with Gasteiger partial charge in [0.15, 0.2) is 0 Å². The van der Waals surface area contributed by atoms with Gasteiger partial charge in [0.1, 0.15) is 22.8 Å². The van der Waals surface area contributed by atoms with Gasteiger partial charge in [0.2, 0.25) is 0 Å². The minimum atomic E-state index is -2.66. The van der Waals surface area contributed by atoms with Crippen molar-refractivity contribution in [2.45, 2.75) is 26.8 Å². The number of aryl methyl sites for hydroxylation is 2. The molecule has 2 heterocycles. The summed E-state index contributed by atoms with van der Waals surface area (Å²) in [6, 6.07) is 7.57. The molecular weight excluding hydrogens is 342 g/mol. The highest BCUT2D eigenvalue weighted by Crippen LogP contribution is 2.25. The Morgan fingerprint density at radius 3 is 2.69 bits per heavy atom. The lowest BCUT2D eigenvalue weighted by molar-refractivity contribution is 0.0670. The van der Waals surface area contributed by atoms with Gasteiger partial charge in [0.05, 0.1) is 0 Å². The fraction of sp³-hybridized carbons (Fsp3) is 0.278. The Morgan fingerprint density at radius 2 is 2.00 bits per heavy atom. The van der Waals surface area contributed by atoms with Crippen molar-refractivity contribution in [2.75, 3.05) is 6.54 Å². The average Bonchev–Trinajstić information content (AvgIpc) is 3.22. The van der Waals surface area contributed by atoms with E-state index in [9.17, 15) is 13.6 Å². The molecule has 1 amide bonds. The van der Waals surface area contributed by atoms with Crippen LogP contribution in [0, 0.1) is 13.8 Å². The summed E-state index contributed by atoms with van der Waals surface area (Å²) in [6.07, 6.45) is 2.71. The normalized spacial score (nSPS) is 11.1. The van der Waals surface area contributed by atoms with E-state index in [4.69, 9.17) is 4.52 Å². The molecule has 2 aromatic heterocycles. The topological polar surface area (TPSA) is 73.0 Å². The summed E-state index contributed by atoms with van der Waals surface area (Å²) in [6.45, 7) is 1.13. The molecule has 3 aromatic rings. The number of imidazole rings is 1. The van der Waals surface area contributed by atoms with Gasteiger partial charge in [-0.1, -0.05) is 35.0 Å². The first-order chi connectivity index (χ1) is 12.5. The van der Waals surface area contributed by atoms with Crippen molar-refractivity contribution in [3.05, 3.63) is 59.4 Å². The summed E-state index contributed by atoms with van der Waals surface area (Å²) >= 11 is 0. The quantitative estimate of drug-likeness (QED) is 0.730. The molecule has 0 aliphatic carbocycles. The molecular formula is C18H18F2N4O2. The molecule has 6 nitrogen and oxygen atoms in total. The second kappa shape index (κ2) is 7.47. The summed E-state index contributed by atoms with van der Waals surface area (Å²) in [5.41, 5.74) is 2.65. The van der Waals surface area contributed by atoms with E-state index in [0.29, 0.717) is 17.0 Å². The predicted molar refractivity (Wildman–Crippen MR) is 90.9 cm³/mol. The highest BCUT2D eigenvalue weighted by atomic mass is 19.3. The standard InChI is InChI=1S/C18H18F2N4O2/c1-11-3-5-13(6-4-11)16-15(12(2)26-23-16)17(25)22-8-7-14-21-9-10-24(14)18(19)20/h3-6,9-10,18H,7-8H2,1-2H3,(H,22,25). The van der Waals surface area contributed by atoms with Gasteiger partial charge in [-0.15, -0.1) is 0 Å². The maximum absolute atomic E-state index is 12.8. The second-order valence-electron chi connectivity index (χ2n) is 5.86. The molecule has 0 bridgehead atoms. The third-order valence-corrected chi connectivity index (χ3v) is 4.01. The van der Waals surface area contributed by atoms with Gasteiger partial charge < -0.3 is 9.84 Å². The number of benzene rings is 1. The Balaban J connectivity index is 1.71. The number of amides is 1. The summed E-state index contributed by atoms with van der Waals surface area (Å²) in [5.74, 6) is 0.239. The number of hydrogen-bond donors (Lipinski definition) is 1. The Labute approximate surface area is 148 Å². The van der Waals surface area contributed by atoms with E-state index in [1.807, 2.05) is 31.2 Å². The fourth-order valence-electron chi connectivity index (χ4n) is 2.64. The molecule has 0 spiro atoms. The van der Waals surface area contributed by atoms with E-state index < -0.39 is 6.55 Å². The summed E-state index contributed by atoms with van der Waals surface area (Å²) in [5, 5.41) is 6.70. The van der Waals surface area contributed by atoms with Gasteiger partial charge in [-0.05, 0) is 13.8 Å². The van der Waals surface area contributed by atoms with Crippen molar-refractivity contribution < 1.29 is 18.1 Å². The average molecular weight is 360 g/mol. The molecule has 26 heavy (non-hydrogen) atoms. The van der Waals surface area contributed by atoms with Gasteiger partial charge in [0.25, 0.3) is 5.91 Å². The van der Waals surface area contributed by atoms with Crippen molar-refractivity contribution in [1.29, 1.82) is 0 Å². The zero-order chi connectivity index (χ0) is 18.7. The maximum atomic E-state index is 12.8. The zero-order valence-electron chi connectivity index (χ0n) is 14.4. The van der Waals surface area contributed by atoms with Crippen LogP contribution in [0.2, 0.25) is 0 Å². The van der Waals surface area contributed by atoms with Crippen molar-refractivity contribution in [3.8, 4) is 11.3 Å². The lowest BCUT2D eigenvalue weighted by Gasteiger charge is -2.08. The molecule has 0 radical (unpaired) electrons. The van der Waals surface area contributed by atoms with E-state index in [1.54, 1.807) is 6.92 Å². The van der Waals surface area contributed by atoms with Crippen LogP contribution in [0.1, 0.15) is 34.1 Å². The number of nitrogens with zero attached hydrogens (tertiary/aromatic N) is 3. The molecule has 0 atom stereocenters. The van der Waals surface area contributed by atoms with Gasteiger partial charge in [0, 0.05) is 30.9 Å². The summed E-state index contributed by atoms with van der Waals surface area (Å²) < 4.78 is 31.6. The van der Waals surface area contributed by atoms with Crippen LogP contribution in [0.15, 0.2) is 41.2 Å². The van der Waals surface area contributed by atoms with Crippen LogP contribution in [0.5, 0.6) is 0 Å². The Hall–Kier alpha value is -3.03. The van der Waals surface area contributed by atoms with E-state index in [2.05, 4.69) is 15.5 Å². The monoisotopic (exact) mass is 360 g/mol. The van der Waals surface area contributed by atoms with Crippen LogP contribution in [0.3, 0.4) is 0 Å². The Kier molecular flexibility index (Phi) is 5.11. The zero-order valence-corrected chi connectivity index (χ0v) is 14.4. The van der Waals surface area contributed by atoms with Gasteiger partial charge in [-0.25, -0.2) is 4.98 Å². The van der Waals surface area contributed by atoms with E-state index in [1.165, 1.54) is 12.4 Å². The summed E-state index contributed by atoms with van der Waals surface area (Å²) in [4.78, 5) is 16.4. The second-order valence-corrected chi connectivity index (χ2v) is 5.86. The van der Waals surface area contributed by atoms with Gasteiger partial charge >= 0.3 is 6.55 Å². The van der Waals surface area contributed by atoms with Crippen molar-refractivity contribution >= 4 is 5.91 Å². The van der Waals surface area contributed by atoms with Gasteiger partial charge in [-0.2, -0.15) is 8.78 Å². The van der Waals surface area contributed by atoms with Crippen LogP contribution in [-0.4, -0.2) is 27.2 Å². The molecule has 1 aromatic carbocycles. The minimum absolute atomic E-state index is 0.167. The van der Waals surface area contributed by atoms with Crippen molar-refractivity contribution in [2.24, 2.45) is 0 Å². The SMILES string of the molecule is Cc1ccc(-c2noc(C)c2C(=O)NCCc2nccn2C(F)F)cc1. The molecule has 0 unspecified atom stereocenters. The first-order valence-corrected chi connectivity index (χ1v) is 8.08. The van der Waals surface area contributed by atoms with Crippen LogP contribution in [-0.2, 0) is 6.42 Å². The highest BCUT2D eigenvalue weighted by Gasteiger charge is 2.21. The van der Waals surface area contributed by atoms with E-state index in [-0.39, 0.29) is 24.7 Å². The van der Waals surface area contributed by atoms with Crippen LogP contribution in [0.4, 0.5) is 8.78 Å². The smallest absolute Gasteiger partial charge is 0.319 e. The predicted octanol–water partition coefficient (Wildman–Crippen LogP) is 3.52. The molecule has 0 aliphatic rings. The fourth-order valence-corrected chi connectivity index (χ4v) is 2.64. The minimum Gasteiger partial charge on any atom is -0.360 e.